The molecule has 1 heterocycles. The summed E-state index contributed by atoms with van der Waals surface area (Å²) in [7, 11) is 1.57. The van der Waals surface area contributed by atoms with Crippen molar-refractivity contribution in [3.05, 3.63) is 29.8 Å². The maximum atomic E-state index is 12.7. The second kappa shape index (κ2) is 5.15. The van der Waals surface area contributed by atoms with Gasteiger partial charge in [0.15, 0.2) is 5.72 Å². The molecule has 0 spiro atoms. The highest BCUT2D eigenvalue weighted by molar-refractivity contribution is 5.97. The average Bonchev–Trinajstić information content (AvgIpc) is 2.74. The van der Waals surface area contributed by atoms with Crippen molar-refractivity contribution in [1.29, 1.82) is 0 Å². The Bertz CT molecular complexity index is 572. The minimum atomic E-state index is -1.31. The Balaban J connectivity index is 2.35. The van der Waals surface area contributed by atoms with Gasteiger partial charge in [-0.25, -0.2) is 0 Å². The zero-order valence-corrected chi connectivity index (χ0v) is 13.2. The van der Waals surface area contributed by atoms with E-state index in [0.717, 1.165) is 5.71 Å². The van der Waals surface area contributed by atoms with Gasteiger partial charge < -0.3 is 9.84 Å². The third-order valence-electron chi connectivity index (χ3n) is 3.85. The molecule has 1 N–H and O–H groups in total. The van der Waals surface area contributed by atoms with Crippen molar-refractivity contribution >= 4 is 11.6 Å². The van der Waals surface area contributed by atoms with Gasteiger partial charge in [0.1, 0.15) is 5.75 Å². The number of benzene rings is 1. The fourth-order valence-electron chi connectivity index (χ4n) is 2.37. The molecule has 0 aromatic heterocycles. The minimum absolute atomic E-state index is 0.313. The SMILES string of the molecule is COc1ccc(C(=O)N2N=C(C)C[C@@]2(O)C(C)(C)C)cc1. The Kier molecular flexibility index (Phi) is 3.80. The molecule has 1 atom stereocenters. The predicted octanol–water partition coefficient (Wildman–Crippen LogP) is 2.65. The van der Waals surface area contributed by atoms with Gasteiger partial charge in [-0.2, -0.15) is 10.1 Å². The predicted molar refractivity (Wildman–Crippen MR) is 81.3 cm³/mol. The molecule has 0 saturated heterocycles. The summed E-state index contributed by atoms with van der Waals surface area (Å²) in [5.74, 6) is 0.366. The molecule has 114 valence electrons. The molecule has 0 unspecified atom stereocenters. The van der Waals surface area contributed by atoms with Gasteiger partial charge in [0, 0.05) is 23.1 Å². The topological polar surface area (TPSA) is 62.1 Å². The summed E-state index contributed by atoms with van der Waals surface area (Å²) >= 11 is 0. The Morgan fingerprint density at radius 2 is 1.90 bits per heavy atom. The van der Waals surface area contributed by atoms with Crippen LogP contribution < -0.4 is 4.74 Å². The number of nitrogens with zero attached hydrogens (tertiary/aromatic N) is 2. The number of carbonyl (C=O) groups excluding carboxylic acids is 1. The smallest absolute Gasteiger partial charge is 0.276 e. The van der Waals surface area contributed by atoms with Gasteiger partial charge in [0.05, 0.1) is 7.11 Å². The molecule has 21 heavy (non-hydrogen) atoms. The second-order valence-electron chi connectivity index (χ2n) is 6.42. The minimum Gasteiger partial charge on any atom is -0.497 e. The average molecular weight is 290 g/mol. The number of carbonyl (C=O) groups is 1. The van der Waals surface area contributed by atoms with E-state index in [1.807, 2.05) is 27.7 Å². The summed E-state index contributed by atoms with van der Waals surface area (Å²) < 4.78 is 5.08. The quantitative estimate of drug-likeness (QED) is 0.910. The monoisotopic (exact) mass is 290 g/mol. The van der Waals surface area contributed by atoms with E-state index in [1.54, 1.807) is 31.4 Å². The summed E-state index contributed by atoms with van der Waals surface area (Å²) in [5.41, 5.74) is -0.601. The van der Waals surface area contributed by atoms with Crippen LogP contribution in [0.4, 0.5) is 0 Å². The molecule has 0 aliphatic carbocycles. The van der Waals surface area contributed by atoms with E-state index in [0.29, 0.717) is 17.7 Å². The third kappa shape index (κ3) is 2.65. The van der Waals surface area contributed by atoms with Gasteiger partial charge in [0.25, 0.3) is 5.91 Å². The van der Waals surface area contributed by atoms with Crippen molar-refractivity contribution in [2.24, 2.45) is 10.5 Å². The Morgan fingerprint density at radius 3 is 2.38 bits per heavy atom. The van der Waals surface area contributed by atoms with Gasteiger partial charge >= 0.3 is 0 Å². The number of ether oxygens (including phenoxy) is 1. The molecule has 1 amide bonds. The third-order valence-corrected chi connectivity index (χ3v) is 3.85. The van der Waals surface area contributed by atoms with Gasteiger partial charge in [-0.3, -0.25) is 4.79 Å². The van der Waals surface area contributed by atoms with Crippen molar-refractivity contribution in [2.75, 3.05) is 7.11 Å². The van der Waals surface area contributed by atoms with Gasteiger partial charge in [-0.05, 0) is 31.2 Å². The van der Waals surface area contributed by atoms with Crippen molar-refractivity contribution in [2.45, 2.75) is 39.8 Å². The van der Waals surface area contributed by atoms with E-state index >= 15 is 0 Å². The fourth-order valence-corrected chi connectivity index (χ4v) is 2.37. The first-order valence-electron chi connectivity index (χ1n) is 6.94. The van der Waals surface area contributed by atoms with Gasteiger partial charge in [0.2, 0.25) is 0 Å². The first-order chi connectivity index (χ1) is 9.69. The number of hydrogen-bond donors (Lipinski definition) is 1. The van der Waals surface area contributed by atoms with E-state index < -0.39 is 11.1 Å². The molecule has 1 aliphatic heterocycles. The first-order valence-corrected chi connectivity index (χ1v) is 6.94. The molecule has 5 nitrogen and oxygen atoms in total. The highest BCUT2D eigenvalue weighted by Gasteiger charge is 2.51. The van der Waals surface area contributed by atoms with Crippen molar-refractivity contribution < 1.29 is 14.6 Å². The lowest BCUT2D eigenvalue weighted by Gasteiger charge is -2.41. The van der Waals surface area contributed by atoms with Crippen LogP contribution in [-0.2, 0) is 0 Å². The summed E-state index contributed by atoms with van der Waals surface area (Å²) in [6.45, 7) is 7.51. The second-order valence-corrected chi connectivity index (χ2v) is 6.42. The summed E-state index contributed by atoms with van der Waals surface area (Å²) in [5, 5.41) is 16.4. The standard InChI is InChI=1S/C16H22N2O3/c1-11-10-16(20,15(2,3)4)18(17-11)14(19)12-6-8-13(21-5)9-7-12/h6-9,20H,10H2,1-5H3/t16-/m1/s1. The number of methoxy groups -OCH3 is 1. The lowest BCUT2D eigenvalue weighted by atomic mass is 9.80. The van der Waals surface area contributed by atoms with E-state index in [-0.39, 0.29) is 5.91 Å². The molecular weight excluding hydrogens is 268 g/mol. The number of aliphatic hydroxyl groups is 1. The van der Waals surface area contributed by atoms with Crippen molar-refractivity contribution in [3.63, 3.8) is 0 Å². The molecule has 0 radical (unpaired) electrons. The molecule has 1 aromatic rings. The lowest BCUT2D eigenvalue weighted by Crippen LogP contribution is -2.54. The molecule has 0 bridgehead atoms. The van der Waals surface area contributed by atoms with Crippen LogP contribution in [0, 0.1) is 5.41 Å². The largest absolute Gasteiger partial charge is 0.497 e. The summed E-state index contributed by atoms with van der Waals surface area (Å²) in [6, 6.07) is 6.78. The zero-order valence-electron chi connectivity index (χ0n) is 13.2. The zero-order chi connectivity index (χ0) is 15.8. The number of hydrazone groups is 1. The van der Waals surface area contributed by atoms with E-state index in [4.69, 9.17) is 4.74 Å². The Labute approximate surface area is 125 Å². The van der Waals surface area contributed by atoms with Gasteiger partial charge in [-0.15, -0.1) is 0 Å². The number of hydrogen-bond acceptors (Lipinski definition) is 4. The van der Waals surface area contributed by atoms with Crippen LogP contribution in [0.15, 0.2) is 29.4 Å². The van der Waals surface area contributed by atoms with E-state index in [2.05, 4.69) is 5.10 Å². The van der Waals surface area contributed by atoms with Crippen molar-refractivity contribution in [3.8, 4) is 5.75 Å². The highest BCUT2D eigenvalue weighted by Crippen LogP contribution is 2.41. The van der Waals surface area contributed by atoms with Crippen LogP contribution in [0.5, 0.6) is 5.75 Å². The normalized spacial score (nSPS) is 22.2. The summed E-state index contributed by atoms with van der Waals surface area (Å²) in [6.07, 6.45) is 0.360. The first kappa shape index (κ1) is 15.5. The van der Waals surface area contributed by atoms with Crippen LogP contribution in [0.1, 0.15) is 44.5 Å². The molecule has 1 aromatic carbocycles. The van der Waals surface area contributed by atoms with E-state index in [1.165, 1.54) is 5.01 Å². The van der Waals surface area contributed by atoms with E-state index in [9.17, 15) is 9.90 Å². The number of amides is 1. The van der Waals surface area contributed by atoms with Crippen LogP contribution in [-0.4, -0.2) is 34.6 Å². The van der Waals surface area contributed by atoms with Gasteiger partial charge in [-0.1, -0.05) is 20.8 Å². The lowest BCUT2D eigenvalue weighted by molar-refractivity contribution is -0.143. The molecule has 5 heteroatoms. The molecular formula is C16H22N2O3. The highest BCUT2D eigenvalue weighted by atomic mass is 16.5. The molecule has 0 fully saturated rings. The maximum absolute atomic E-state index is 12.7. The Hall–Kier alpha value is -1.88. The molecule has 0 saturated carbocycles. The van der Waals surface area contributed by atoms with Crippen LogP contribution in [0.2, 0.25) is 0 Å². The fraction of sp³-hybridized carbons (Fsp3) is 0.500. The van der Waals surface area contributed by atoms with Crippen LogP contribution in [0.3, 0.4) is 0 Å². The van der Waals surface area contributed by atoms with Crippen LogP contribution >= 0.6 is 0 Å². The van der Waals surface area contributed by atoms with Crippen LogP contribution in [0.25, 0.3) is 0 Å². The summed E-state index contributed by atoms with van der Waals surface area (Å²) in [4.78, 5) is 12.7. The number of rotatable bonds is 2. The maximum Gasteiger partial charge on any atom is 0.276 e. The van der Waals surface area contributed by atoms with Crippen molar-refractivity contribution in [1.82, 2.24) is 5.01 Å². The Morgan fingerprint density at radius 1 is 1.33 bits per heavy atom. The molecule has 2 rings (SSSR count). The molecule has 1 aliphatic rings.